The Kier molecular flexibility index (Phi) is 7.74. The van der Waals surface area contributed by atoms with E-state index in [0.29, 0.717) is 5.92 Å². The van der Waals surface area contributed by atoms with Gasteiger partial charge < -0.3 is 4.90 Å². The van der Waals surface area contributed by atoms with Crippen molar-refractivity contribution in [2.75, 3.05) is 20.1 Å². The monoisotopic (exact) mass is 502 g/mol. The molecule has 1 aliphatic rings. The molecule has 2 nitrogen and oxygen atoms in total. The molecule has 1 fully saturated rings. The summed E-state index contributed by atoms with van der Waals surface area (Å²) in [6, 6.07) is 19.8. The highest BCUT2D eigenvalue weighted by atomic mass is 79.9. The average molecular weight is 504 g/mol. The van der Waals surface area contributed by atoms with Gasteiger partial charge in [0.25, 0.3) is 0 Å². The third-order valence-electron chi connectivity index (χ3n) is 6.17. The maximum atomic E-state index is 10.3. The second kappa shape index (κ2) is 10.1. The second-order valence-electron chi connectivity index (χ2n) is 7.98. The van der Waals surface area contributed by atoms with Crippen LogP contribution < -0.4 is 0 Å². The Labute approximate surface area is 186 Å². The van der Waals surface area contributed by atoms with Crippen LogP contribution in [0, 0.1) is 17.2 Å². The van der Waals surface area contributed by atoms with Gasteiger partial charge in [-0.2, -0.15) is 5.26 Å². The number of benzene rings is 2. The second-order valence-corrected chi connectivity index (χ2v) is 9.69. The summed E-state index contributed by atoms with van der Waals surface area (Å²) in [5, 5.41) is 10.3. The van der Waals surface area contributed by atoms with Crippen molar-refractivity contribution < 1.29 is 0 Å². The summed E-state index contributed by atoms with van der Waals surface area (Å²) in [5.41, 5.74) is 2.19. The fraction of sp³-hybridized carbons (Fsp3) is 0.458. The summed E-state index contributed by atoms with van der Waals surface area (Å²) in [4.78, 5) is 2.40. The van der Waals surface area contributed by atoms with E-state index in [2.05, 4.69) is 98.4 Å². The zero-order valence-corrected chi connectivity index (χ0v) is 19.7. The molecule has 0 aromatic heterocycles. The largest absolute Gasteiger partial charge is 0.306 e. The van der Waals surface area contributed by atoms with Gasteiger partial charge in [-0.1, -0.05) is 42.8 Å². The van der Waals surface area contributed by atoms with Gasteiger partial charge in [0.05, 0.1) is 11.5 Å². The van der Waals surface area contributed by atoms with Crippen LogP contribution in [0.25, 0.3) is 0 Å². The zero-order chi connectivity index (χ0) is 20.0. The first-order chi connectivity index (χ1) is 13.5. The Morgan fingerprint density at radius 3 is 2.43 bits per heavy atom. The van der Waals surface area contributed by atoms with Crippen LogP contribution in [-0.2, 0) is 11.8 Å². The first-order valence-corrected chi connectivity index (χ1v) is 11.7. The van der Waals surface area contributed by atoms with E-state index in [-0.39, 0.29) is 5.41 Å². The van der Waals surface area contributed by atoms with E-state index in [4.69, 9.17) is 0 Å². The van der Waals surface area contributed by atoms with Crippen molar-refractivity contribution >= 4 is 31.9 Å². The van der Waals surface area contributed by atoms with Crippen LogP contribution in [0.5, 0.6) is 0 Å². The number of hydrogen-bond donors (Lipinski definition) is 0. The van der Waals surface area contributed by atoms with Crippen molar-refractivity contribution in [3.8, 4) is 6.07 Å². The SMILES string of the molecule is CN(CCCC(C#N)(c1ccc(Br)c(Br)c1)C1CCC1)CCc1ccccc1. The van der Waals surface area contributed by atoms with Gasteiger partial charge in [0.2, 0.25) is 0 Å². The predicted molar refractivity (Wildman–Crippen MR) is 123 cm³/mol. The summed E-state index contributed by atoms with van der Waals surface area (Å²) in [6.45, 7) is 2.08. The molecule has 3 rings (SSSR count). The van der Waals surface area contributed by atoms with Crippen molar-refractivity contribution in [1.82, 2.24) is 4.90 Å². The maximum Gasteiger partial charge on any atom is 0.0851 e. The highest BCUT2D eigenvalue weighted by Crippen LogP contribution is 2.47. The van der Waals surface area contributed by atoms with E-state index in [9.17, 15) is 5.26 Å². The molecule has 0 saturated heterocycles. The van der Waals surface area contributed by atoms with Crippen LogP contribution in [0.2, 0.25) is 0 Å². The molecule has 0 amide bonds. The van der Waals surface area contributed by atoms with Crippen LogP contribution in [0.15, 0.2) is 57.5 Å². The third kappa shape index (κ3) is 5.06. The normalized spacial score (nSPS) is 16.4. The Hall–Kier alpha value is -1.15. The summed E-state index contributed by atoms with van der Waals surface area (Å²) in [7, 11) is 2.19. The summed E-state index contributed by atoms with van der Waals surface area (Å²) in [5.74, 6) is 0.486. The van der Waals surface area contributed by atoms with E-state index in [0.717, 1.165) is 41.3 Å². The lowest BCUT2D eigenvalue weighted by molar-refractivity contribution is 0.189. The van der Waals surface area contributed by atoms with Gasteiger partial charge in [-0.25, -0.2) is 0 Å². The molecule has 2 aromatic rings. The molecule has 1 aliphatic carbocycles. The summed E-state index contributed by atoms with van der Waals surface area (Å²) in [6.07, 6.45) is 6.64. The van der Waals surface area contributed by atoms with Gasteiger partial charge in [0.1, 0.15) is 0 Å². The van der Waals surface area contributed by atoms with Crippen LogP contribution in [-0.4, -0.2) is 25.0 Å². The lowest BCUT2D eigenvalue weighted by Gasteiger charge is -2.41. The van der Waals surface area contributed by atoms with Crippen molar-refractivity contribution in [3.05, 3.63) is 68.6 Å². The highest BCUT2D eigenvalue weighted by Gasteiger charge is 2.43. The van der Waals surface area contributed by atoms with Gasteiger partial charge >= 0.3 is 0 Å². The number of nitriles is 1. The molecule has 1 unspecified atom stereocenters. The molecule has 1 atom stereocenters. The van der Waals surface area contributed by atoms with Crippen LogP contribution in [0.4, 0.5) is 0 Å². The van der Waals surface area contributed by atoms with Crippen LogP contribution in [0.1, 0.15) is 43.2 Å². The minimum atomic E-state index is -0.359. The van der Waals surface area contributed by atoms with E-state index in [1.807, 2.05) is 0 Å². The molecule has 0 radical (unpaired) electrons. The van der Waals surface area contributed by atoms with Gasteiger partial charge in [-0.05, 0) is 107 Å². The Morgan fingerprint density at radius 2 is 1.82 bits per heavy atom. The van der Waals surface area contributed by atoms with Gasteiger partial charge in [-0.3, -0.25) is 0 Å². The molecule has 0 N–H and O–H groups in total. The predicted octanol–water partition coefficient (Wildman–Crippen LogP) is 6.73. The fourth-order valence-electron chi connectivity index (χ4n) is 4.17. The number of halogens is 2. The summed E-state index contributed by atoms with van der Waals surface area (Å²) >= 11 is 7.18. The minimum Gasteiger partial charge on any atom is -0.306 e. The molecule has 0 aliphatic heterocycles. The Balaban J connectivity index is 1.62. The van der Waals surface area contributed by atoms with Gasteiger partial charge in [0.15, 0.2) is 0 Å². The third-order valence-corrected chi connectivity index (χ3v) is 8.05. The smallest absolute Gasteiger partial charge is 0.0851 e. The molecule has 0 spiro atoms. The number of hydrogen-bond acceptors (Lipinski definition) is 2. The maximum absolute atomic E-state index is 10.3. The van der Waals surface area contributed by atoms with E-state index >= 15 is 0 Å². The van der Waals surface area contributed by atoms with Crippen LogP contribution in [0.3, 0.4) is 0 Å². The minimum absolute atomic E-state index is 0.359. The van der Waals surface area contributed by atoms with E-state index < -0.39 is 0 Å². The Bertz CT molecular complexity index is 811. The van der Waals surface area contributed by atoms with Crippen LogP contribution >= 0.6 is 31.9 Å². The lowest BCUT2D eigenvalue weighted by atomic mass is 9.61. The standard InChI is InChI=1S/C24H28Br2N2/c1-28(16-13-19-7-3-2-4-8-19)15-6-14-24(18-27,20-9-5-10-20)21-11-12-22(25)23(26)17-21/h2-4,7-8,11-12,17,20H,5-6,9-10,13-16H2,1H3. The highest BCUT2D eigenvalue weighted by molar-refractivity contribution is 9.13. The summed E-state index contributed by atoms with van der Waals surface area (Å²) < 4.78 is 2.07. The molecule has 1 saturated carbocycles. The first kappa shape index (κ1) is 21.6. The van der Waals surface area contributed by atoms with Gasteiger partial charge in [-0.15, -0.1) is 0 Å². The van der Waals surface area contributed by atoms with Crippen molar-refractivity contribution in [3.63, 3.8) is 0 Å². The Morgan fingerprint density at radius 1 is 1.07 bits per heavy atom. The molecule has 4 heteroatoms. The van der Waals surface area contributed by atoms with E-state index in [1.54, 1.807) is 0 Å². The quantitative estimate of drug-likeness (QED) is 0.379. The van der Waals surface area contributed by atoms with E-state index in [1.165, 1.54) is 30.4 Å². The number of likely N-dealkylation sites (N-methyl/N-ethyl adjacent to an activating group) is 1. The molecule has 28 heavy (non-hydrogen) atoms. The molecular weight excluding hydrogens is 476 g/mol. The molecule has 0 heterocycles. The zero-order valence-electron chi connectivity index (χ0n) is 16.5. The lowest BCUT2D eigenvalue weighted by Crippen LogP contribution is -2.39. The molecular formula is C24H28Br2N2. The molecule has 0 bridgehead atoms. The number of rotatable bonds is 9. The number of nitrogens with zero attached hydrogens (tertiary/aromatic N) is 2. The van der Waals surface area contributed by atoms with Crippen molar-refractivity contribution in [1.29, 1.82) is 5.26 Å². The van der Waals surface area contributed by atoms with Crippen molar-refractivity contribution in [2.45, 2.75) is 43.9 Å². The molecule has 148 valence electrons. The fourth-order valence-corrected chi connectivity index (χ4v) is 4.80. The van der Waals surface area contributed by atoms with Gasteiger partial charge in [0, 0.05) is 15.5 Å². The average Bonchev–Trinajstić information content (AvgIpc) is 2.67. The van der Waals surface area contributed by atoms with Crippen molar-refractivity contribution in [2.24, 2.45) is 5.92 Å². The first-order valence-electron chi connectivity index (χ1n) is 10.1. The topological polar surface area (TPSA) is 27.0 Å². The molecule has 2 aromatic carbocycles.